The largest absolute Gasteiger partial charge is 0.462 e. The van der Waals surface area contributed by atoms with Crippen LogP contribution in [0.2, 0.25) is 18.1 Å². The van der Waals surface area contributed by atoms with Crippen molar-refractivity contribution in [2.45, 2.75) is 129 Å². The monoisotopic (exact) mass is 504 g/mol. The highest BCUT2D eigenvalue weighted by atomic mass is 28.4. The molecule has 35 heavy (non-hydrogen) atoms. The second kappa shape index (κ2) is 12.1. The molecule has 0 radical (unpaired) electrons. The molecule has 0 aromatic carbocycles. The maximum Gasteiger partial charge on any atom is 0.308 e. The maximum atomic E-state index is 12.5. The van der Waals surface area contributed by atoms with Crippen LogP contribution in [0.3, 0.4) is 0 Å². The van der Waals surface area contributed by atoms with Crippen LogP contribution < -0.4 is 0 Å². The molecule has 3 aliphatic rings. The lowest BCUT2D eigenvalue weighted by atomic mass is 9.66. The number of fused-ring (bicyclic) bond motifs is 1. The van der Waals surface area contributed by atoms with E-state index in [0.717, 1.165) is 38.7 Å². The minimum atomic E-state index is -1.92. The fourth-order valence-electron chi connectivity index (χ4n) is 5.96. The molecule has 0 N–H and O–H groups in total. The number of allylic oxidation sites excluding steroid dienone is 3. The lowest BCUT2D eigenvalue weighted by Gasteiger charge is -2.43. The van der Waals surface area contributed by atoms with Crippen molar-refractivity contribution >= 4 is 14.3 Å². The summed E-state index contributed by atoms with van der Waals surface area (Å²) in [5.41, 5.74) is 1.47. The lowest BCUT2D eigenvalue weighted by molar-refractivity contribution is -0.160. The number of hydrogen-bond acceptors (Lipinski definition) is 4. The van der Waals surface area contributed by atoms with Gasteiger partial charge in [0.15, 0.2) is 8.32 Å². The van der Waals surface area contributed by atoms with Gasteiger partial charge in [0.05, 0.1) is 18.6 Å². The molecule has 0 unspecified atom stereocenters. The Kier molecular flexibility index (Phi) is 9.90. The van der Waals surface area contributed by atoms with E-state index in [-0.39, 0.29) is 23.2 Å². The first-order valence-electron chi connectivity index (χ1n) is 14.3. The standard InChI is InChI=1S/C30H52O4Si/c1-9-11-21(2)20-32-27-13-10-12-23-15-14-22(3)26(29(23)27)17-16-24-18-25(19-28(31)33-24)34-35(7,8)30(4,5)6/h12,14-15,21-22,24-27,29H,9-11,13,16-20H2,1-8H3/t21-,22+,24+,25+,26-,27-,29-/m0/s1. The van der Waals surface area contributed by atoms with Crippen LogP contribution in [0.1, 0.15) is 92.9 Å². The number of rotatable bonds is 10. The van der Waals surface area contributed by atoms with Gasteiger partial charge < -0.3 is 13.9 Å². The minimum Gasteiger partial charge on any atom is -0.462 e. The molecule has 0 bridgehead atoms. The van der Waals surface area contributed by atoms with Crippen molar-refractivity contribution < 1.29 is 18.7 Å². The molecule has 7 atom stereocenters. The van der Waals surface area contributed by atoms with Gasteiger partial charge in [-0.1, -0.05) is 66.2 Å². The number of carbonyl (C=O) groups excluding carboxylic acids is 1. The van der Waals surface area contributed by atoms with Gasteiger partial charge in [0.1, 0.15) is 6.10 Å². The topological polar surface area (TPSA) is 44.8 Å². The molecule has 200 valence electrons. The normalized spacial score (nSPS) is 32.6. The van der Waals surface area contributed by atoms with E-state index in [1.165, 1.54) is 18.4 Å². The third-order valence-corrected chi connectivity index (χ3v) is 13.6. The van der Waals surface area contributed by atoms with Crippen LogP contribution in [0.4, 0.5) is 0 Å². The van der Waals surface area contributed by atoms with Crippen molar-refractivity contribution in [3.63, 3.8) is 0 Å². The number of hydrogen-bond donors (Lipinski definition) is 0. The molecule has 5 heteroatoms. The van der Waals surface area contributed by atoms with Crippen LogP contribution in [0.5, 0.6) is 0 Å². The summed E-state index contributed by atoms with van der Waals surface area (Å²) in [7, 11) is -1.92. The molecule has 1 aliphatic heterocycles. The summed E-state index contributed by atoms with van der Waals surface area (Å²) in [4.78, 5) is 12.5. The van der Waals surface area contributed by atoms with Gasteiger partial charge >= 0.3 is 5.97 Å². The van der Waals surface area contributed by atoms with Crippen molar-refractivity contribution in [3.05, 3.63) is 23.8 Å². The van der Waals surface area contributed by atoms with Crippen LogP contribution in [-0.2, 0) is 18.7 Å². The van der Waals surface area contributed by atoms with Gasteiger partial charge in [0.2, 0.25) is 0 Å². The zero-order chi connectivity index (χ0) is 25.8. The van der Waals surface area contributed by atoms with Crippen molar-refractivity contribution in [2.24, 2.45) is 23.7 Å². The van der Waals surface area contributed by atoms with Crippen LogP contribution >= 0.6 is 0 Å². The van der Waals surface area contributed by atoms with Crippen molar-refractivity contribution in [3.8, 4) is 0 Å². The van der Waals surface area contributed by atoms with Gasteiger partial charge in [-0.25, -0.2) is 0 Å². The average Bonchev–Trinajstić information content (AvgIpc) is 2.75. The maximum absolute atomic E-state index is 12.5. The summed E-state index contributed by atoms with van der Waals surface area (Å²) in [6.07, 6.45) is 15.3. The number of carbonyl (C=O) groups is 1. The fourth-order valence-corrected chi connectivity index (χ4v) is 7.32. The van der Waals surface area contributed by atoms with E-state index in [2.05, 4.69) is 72.9 Å². The van der Waals surface area contributed by atoms with E-state index in [1.807, 2.05) is 0 Å². The fraction of sp³-hybridized carbons (Fsp3) is 0.833. The van der Waals surface area contributed by atoms with Crippen molar-refractivity contribution in [1.29, 1.82) is 0 Å². The summed E-state index contributed by atoms with van der Waals surface area (Å²) in [5, 5.41) is 0.140. The molecule has 1 saturated heterocycles. The molecule has 1 fully saturated rings. The Labute approximate surface area is 216 Å². The van der Waals surface area contributed by atoms with Crippen LogP contribution in [-0.4, -0.2) is 39.2 Å². The number of ether oxygens (including phenoxy) is 2. The van der Waals surface area contributed by atoms with Crippen molar-refractivity contribution in [2.75, 3.05) is 6.61 Å². The molecular formula is C30H52O4Si. The SMILES string of the molecule is CCC[C@H](C)CO[C@H]1CCC=C2C=C[C@@H](C)[C@H](CC[C@@H]3C[C@@H](O[Si](C)(C)C(C)(C)C)CC(=O)O3)[C@H]21. The Morgan fingerprint density at radius 2 is 1.97 bits per heavy atom. The smallest absolute Gasteiger partial charge is 0.308 e. The molecule has 1 heterocycles. The molecule has 0 saturated carbocycles. The number of cyclic esters (lactones) is 1. The van der Waals surface area contributed by atoms with Crippen molar-refractivity contribution in [1.82, 2.24) is 0 Å². The molecule has 4 nitrogen and oxygen atoms in total. The summed E-state index contributed by atoms with van der Waals surface area (Å²) < 4.78 is 19.1. The van der Waals surface area contributed by atoms with E-state index in [0.29, 0.717) is 36.2 Å². The van der Waals surface area contributed by atoms with Gasteiger partial charge in [-0.05, 0) is 73.6 Å². The molecule has 0 spiro atoms. The predicted molar refractivity (Wildman–Crippen MR) is 147 cm³/mol. The second-order valence-electron chi connectivity index (χ2n) is 13.1. The van der Waals surface area contributed by atoms with Crippen LogP contribution in [0.25, 0.3) is 0 Å². The van der Waals surface area contributed by atoms with E-state index in [4.69, 9.17) is 13.9 Å². The third-order valence-electron chi connectivity index (χ3n) is 9.03. The van der Waals surface area contributed by atoms with Gasteiger partial charge in [-0.2, -0.15) is 0 Å². The zero-order valence-corrected chi connectivity index (χ0v) is 24.8. The summed E-state index contributed by atoms with van der Waals surface area (Å²) in [5.74, 6) is 2.01. The highest BCUT2D eigenvalue weighted by Crippen LogP contribution is 2.44. The zero-order valence-electron chi connectivity index (χ0n) is 23.8. The van der Waals surface area contributed by atoms with E-state index >= 15 is 0 Å². The van der Waals surface area contributed by atoms with E-state index in [9.17, 15) is 4.79 Å². The Morgan fingerprint density at radius 3 is 2.66 bits per heavy atom. The summed E-state index contributed by atoms with van der Waals surface area (Å²) in [6.45, 7) is 19.1. The van der Waals surface area contributed by atoms with Crippen LogP contribution in [0.15, 0.2) is 23.8 Å². The van der Waals surface area contributed by atoms with Crippen LogP contribution in [0, 0.1) is 23.7 Å². The Bertz CT molecular complexity index is 765. The molecule has 0 aromatic rings. The molecule has 3 rings (SSSR count). The molecule has 0 amide bonds. The Balaban J connectivity index is 1.64. The minimum absolute atomic E-state index is 0.00732. The Hall–Kier alpha value is -0.913. The average molecular weight is 505 g/mol. The first-order chi connectivity index (χ1) is 16.4. The molecular weight excluding hydrogens is 452 g/mol. The molecule has 0 aromatic heterocycles. The highest BCUT2D eigenvalue weighted by molar-refractivity contribution is 6.74. The lowest BCUT2D eigenvalue weighted by Crippen LogP contribution is -2.47. The Morgan fingerprint density at radius 1 is 1.23 bits per heavy atom. The molecule has 2 aliphatic carbocycles. The van der Waals surface area contributed by atoms with Gasteiger partial charge in [0.25, 0.3) is 0 Å². The third kappa shape index (κ3) is 7.55. The highest BCUT2D eigenvalue weighted by Gasteiger charge is 2.43. The number of esters is 1. The second-order valence-corrected chi connectivity index (χ2v) is 17.8. The van der Waals surface area contributed by atoms with E-state index < -0.39 is 8.32 Å². The predicted octanol–water partition coefficient (Wildman–Crippen LogP) is 7.84. The van der Waals surface area contributed by atoms with Gasteiger partial charge in [0, 0.05) is 18.9 Å². The van der Waals surface area contributed by atoms with E-state index in [1.54, 1.807) is 0 Å². The van der Waals surface area contributed by atoms with Gasteiger partial charge in [-0.15, -0.1) is 0 Å². The quantitative estimate of drug-likeness (QED) is 0.224. The first kappa shape index (κ1) is 28.7. The summed E-state index contributed by atoms with van der Waals surface area (Å²) >= 11 is 0. The first-order valence-corrected chi connectivity index (χ1v) is 17.2. The summed E-state index contributed by atoms with van der Waals surface area (Å²) in [6, 6.07) is 0. The van der Waals surface area contributed by atoms with Gasteiger partial charge in [-0.3, -0.25) is 4.79 Å².